The number of hydrogen-bond acceptors (Lipinski definition) is 5. The molecule has 5 nitrogen and oxygen atoms in total. The standard InChI is InChI=1S/C14H20N4O/c1-4-11(15-5-2)9-12-17-14(18-19-12)13-10(3)7-6-8-16-13/h6-8,11,15H,4-5,9H2,1-3H3. The maximum absolute atomic E-state index is 5.31. The highest BCUT2D eigenvalue weighted by molar-refractivity contribution is 5.53. The van der Waals surface area contributed by atoms with Gasteiger partial charge in [-0.1, -0.05) is 25.1 Å². The van der Waals surface area contributed by atoms with E-state index in [2.05, 4.69) is 34.3 Å². The Morgan fingerprint density at radius 3 is 2.89 bits per heavy atom. The van der Waals surface area contributed by atoms with Crippen LogP contribution in [0.1, 0.15) is 31.7 Å². The minimum absolute atomic E-state index is 0.378. The highest BCUT2D eigenvalue weighted by atomic mass is 16.5. The molecule has 0 radical (unpaired) electrons. The second kappa shape index (κ2) is 6.43. The van der Waals surface area contributed by atoms with Crippen LogP contribution in [0.5, 0.6) is 0 Å². The van der Waals surface area contributed by atoms with Gasteiger partial charge in [0.05, 0.1) is 0 Å². The molecule has 0 bridgehead atoms. The lowest BCUT2D eigenvalue weighted by molar-refractivity contribution is 0.355. The molecule has 2 rings (SSSR count). The number of nitrogens with one attached hydrogen (secondary N) is 1. The van der Waals surface area contributed by atoms with Crippen molar-refractivity contribution in [2.24, 2.45) is 0 Å². The lowest BCUT2D eigenvalue weighted by Gasteiger charge is -2.12. The van der Waals surface area contributed by atoms with Gasteiger partial charge in [-0.2, -0.15) is 4.98 Å². The molecule has 0 fully saturated rings. The van der Waals surface area contributed by atoms with Crippen LogP contribution in [0, 0.1) is 6.92 Å². The Kier molecular flexibility index (Phi) is 4.63. The van der Waals surface area contributed by atoms with Gasteiger partial charge in [0.25, 0.3) is 0 Å². The van der Waals surface area contributed by atoms with Crippen molar-refractivity contribution >= 4 is 0 Å². The molecule has 19 heavy (non-hydrogen) atoms. The van der Waals surface area contributed by atoms with Crippen molar-refractivity contribution in [3.05, 3.63) is 29.8 Å². The zero-order chi connectivity index (χ0) is 13.7. The van der Waals surface area contributed by atoms with Gasteiger partial charge in [-0.3, -0.25) is 4.98 Å². The molecule has 0 aliphatic heterocycles. The van der Waals surface area contributed by atoms with E-state index in [9.17, 15) is 0 Å². The van der Waals surface area contributed by atoms with Crippen molar-refractivity contribution in [3.63, 3.8) is 0 Å². The number of rotatable bonds is 6. The fourth-order valence-corrected chi connectivity index (χ4v) is 2.01. The van der Waals surface area contributed by atoms with Crippen LogP contribution in [-0.4, -0.2) is 27.7 Å². The van der Waals surface area contributed by atoms with E-state index < -0.39 is 0 Å². The summed E-state index contributed by atoms with van der Waals surface area (Å²) in [6.45, 7) is 7.18. The van der Waals surface area contributed by atoms with Crippen molar-refractivity contribution in [2.45, 2.75) is 39.7 Å². The molecule has 2 heterocycles. The Morgan fingerprint density at radius 1 is 1.37 bits per heavy atom. The second-order valence-corrected chi connectivity index (χ2v) is 4.55. The topological polar surface area (TPSA) is 63.8 Å². The Bertz CT molecular complexity index is 524. The van der Waals surface area contributed by atoms with Gasteiger partial charge in [-0.25, -0.2) is 0 Å². The molecule has 0 aliphatic carbocycles. The molecule has 0 aliphatic rings. The largest absolute Gasteiger partial charge is 0.339 e. The van der Waals surface area contributed by atoms with Crippen molar-refractivity contribution in [2.75, 3.05) is 6.54 Å². The van der Waals surface area contributed by atoms with Crippen molar-refractivity contribution in [1.82, 2.24) is 20.4 Å². The summed E-state index contributed by atoms with van der Waals surface area (Å²) in [4.78, 5) is 8.73. The normalized spacial score (nSPS) is 12.6. The smallest absolute Gasteiger partial charge is 0.228 e. The van der Waals surface area contributed by atoms with Crippen LogP contribution in [0.2, 0.25) is 0 Å². The molecule has 102 valence electrons. The Labute approximate surface area is 113 Å². The van der Waals surface area contributed by atoms with Gasteiger partial charge in [0, 0.05) is 18.7 Å². The van der Waals surface area contributed by atoms with Gasteiger partial charge >= 0.3 is 0 Å². The number of aryl methyl sites for hydroxylation is 1. The van der Waals surface area contributed by atoms with Crippen LogP contribution >= 0.6 is 0 Å². The summed E-state index contributed by atoms with van der Waals surface area (Å²) >= 11 is 0. The molecular formula is C14H20N4O. The van der Waals surface area contributed by atoms with Crippen LogP contribution in [0.25, 0.3) is 11.5 Å². The van der Waals surface area contributed by atoms with E-state index in [-0.39, 0.29) is 0 Å². The summed E-state index contributed by atoms with van der Waals surface area (Å²) in [5.74, 6) is 1.23. The number of aromatic nitrogens is 3. The molecule has 0 amide bonds. The van der Waals surface area contributed by atoms with E-state index in [1.54, 1.807) is 6.20 Å². The molecule has 0 saturated heterocycles. The van der Waals surface area contributed by atoms with Gasteiger partial charge in [-0.05, 0) is 31.5 Å². The van der Waals surface area contributed by atoms with E-state index in [1.807, 2.05) is 19.1 Å². The van der Waals surface area contributed by atoms with Gasteiger partial charge in [-0.15, -0.1) is 0 Å². The minimum atomic E-state index is 0.378. The maximum atomic E-state index is 5.31. The average Bonchev–Trinajstić information content (AvgIpc) is 2.87. The Balaban J connectivity index is 2.13. The zero-order valence-electron chi connectivity index (χ0n) is 11.7. The van der Waals surface area contributed by atoms with Crippen LogP contribution in [0.15, 0.2) is 22.9 Å². The monoisotopic (exact) mass is 260 g/mol. The second-order valence-electron chi connectivity index (χ2n) is 4.55. The first-order valence-electron chi connectivity index (χ1n) is 6.72. The van der Waals surface area contributed by atoms with Crippen LogP contribution in [0.3, 0.4) is 0 Å². The molecule has 2 aromatic rings. The summed E-state index contributed by atoms with van der Waals surface area (Å²) in [6, 6.07) is 4.27. The number of likely N-dealkylation sites (N-methyl/N-ethyl adjacent to an activating group) is 1. The third-order valence-corrected chi connectivity index (χ3v) is 3.10. The molecule has 2 aromatic heterocycles. The van der Waals surface area contributed by atoms with E-state index >= 15 is 0 Å². The van der Waals surface area contributed by atoms with Crippen LogP contribution in [-0.2, 0) is 6.42 Å². The van der Waals surface area contributed by atoms with Gasteiger partial charge < -0.3 is 9.84 Å². The van der Waals surface area contributed by atoms with E-state index in [1.165, 1.54) is 0 Å². The Hall–Kier alpha value is -1.75. The Morgan fingerprint density at radius 2 is 2.21 bits per heavy atom. The average molecular weight is 260 g/mol. The number of pyridine rings is 1. The number of nitrogens with zero attached hydrogens (tertiary/aromatic N) is 3. The first kappa shape index (κ1) is 13.7. The molecule has 5 heteroatoms. The molecule has 1 unspecified atom stereocenters. The molecular weight excluding hydrogens is 240 g/mol. The fourth-order valence-electron chi connectivity index (χ4n) is 2.01. The predicted octanol–water partition coefficient (Wildman–Crippen LogP) is 2.37. The molecule has 0 aromatic carbocycles. The summed E-state index contributed by atoms with van der Waals surface area (Å²) in [6.07, 6.45) is 3.53. The summed E-state index contributed by atoms with van der Waals surface area (Å²) < 4.78 is 5.31. The fraction of sp³-hybridized carbons (Fsp3) is 0.500. The van der Waals surface area contributed by atoms with Crippen molar-refractivity contribution in [3.8, 4) is 11.5 Å². The third kappa shape index (κ3) is 3.38. The van der Waals surface area contributed by atoms with E-state index in [0.717, 1.165) is 30.6 Å². The lowest BCUT2D eigenvalue weighted by Crippen LogP contribution is -2.30. The quantitative estimate of drug-likeness (QED) is 0.863. The summed E-state index contributed by atoms with van der Waals surface area (Å²) in [7, 11) is 0. The first-order chi connectivity index (χ1) is 9.24. The SMILES string of the molecule is CCNC(CC)Cc1nc(-c2ncccc2C)no1. The number of hydrogen-bond donors (Lipinski definition) is 1. The van der Waals surface area contributed by atoms with E-state index in [4.69, 9.17) is 4.52 Å². The molecule has 0 saturated carbocycles. The van der Waals surface area contributed by atoms with E-state index in [0.29, 0.717) is 17.8 Å². The molecule has 1 atom stereocenters. The predicted molar refractivity (Wildman–Crippen MR) is 73.7 cm³/mol. The molecule has 0 spiro atoms. The highest BCUT2D eigenvalue weighted by Gasteiger charge is 2.14. The highest BCUT2D eigenvalue weighted by Crippen LogP contribution is 2.17. The lowest BCUT2D eigenvalue weighted by atomic mass is 10.1. The summed E-state index contributed by atoms with van der Waals surface area (Å²) in [5.41, 5.74) is 1.84. The first-order valence-corrected chi connectivity index (χ1v) is 6.72. The van der Waals surface area contributed by atoms with Gasteiger partial charge in [0.1, 0.15) is 5.69 Å². The van der Waals surface area contributed by atoms with Crippen LogP contribution in [0.4, 0.5) is 0 Å². The van der Waals surface area contributed by atoms with Crippen molar-refractivity contribution in [1.29, 1.82) is 0 Å². The van der Waals surface area contributed by atoms with Gasteiger partial charge in [0.2, 0.25) is 11.7 Å². The van der Waals surface area contributed by atoms with Crippen LogP contribution < -0.4 is 5.32 Å². The van der Waals surface area contributed by atoms with Gasteiger partial charge in [0.15, 0.2) is 0 Å². The zero-order valence-corrected chi connectivity index (χ0v) is 11.7. The molecule has 1 N–H and O–H groups in total. The minimum Gasteiger partial charge on any atom is -0.339 e. The maximum Gasteiger partial charge on any atom is 0.228 e. The third-order valence-electron chi connectivity index (χ3n) is 3.10. The summed E-state index contributed by atoms with van der Waals surface area (Å²) in [5, 5.41) is 7.42. The van der Waals surface area contributed by atoms with Crippen molar-refractivity contribution < 1.29 is 4.52 Å².